The van der Waals surface area contributed by atoms with Crippen LogP contribution in [-0.4, -0.2) is 31.5 Å². The average molecular weight is 278 g/mol. The molecule has 1 rings (SSSR count). The maximum absolute atomic E-state index is 9.43. The van der Waals surface area contributed by atoms with Gasteiger partial charge in [0.15, 0.2) is 0 Å². The Kier molecular flexibility index (Phi) is 6.85. The van der Waals surface area contributed by atoms with Crippen LogP contribution in [0.1, 0.15) is 12.0 Å². The van der Waals surface area contributed by atoms with Crippen molar-refractivity contribution in [3.63, 3.8) is 0 Å². The summed E-state index contributed by atoms with van der Waals surface area (Å²) in [4.78, 5) is 0. The molecule has 5 heteroatoms. The topological polar surface area (TPSA) is 41.5 Å². The van der Waals surface area contributed by atoms with Gasteiger partial charge in [0.1, 0.15) is 0 Å². The number of hydrogen-bond acceptors (Lipinski definition) is 3. The third kappa shape index (κ3) is 5.70. The summed E-state index contributed by atoms with van der Waals surface area (Å²) < 4.78 is 4.84. The summed E-state index contributed by atoms with van der Waals surface area (Å²) in [5.74, 6) is 0. The van der Waals surface area contributed by atoms with Crippen LogP contribution in [0.5, 0.6) is 0 Å². The van der Waals surface area contributed by atoms with Gasteiger partial charge in [0.2, 0.25) is 0 Å². The summed E-state index contributed by atoms with van der Waals surface area (Å²) in [5, 5.41) is 14.0. The van der Waals surface area contributed by atoms with Gasteiger partial charge in [-0.1, -0.05) is 23.2 Å². The van der Waals surface area contributed by atoms with Crippen LogP contribution in [0, 0.1) is 0 Å². The largest absolute Gasteiger partial charge is 0.391 e. The molecular formula is C12H17Cl2NO2. The Morgan fingerprint density at radius 1 is 1.41 bits per heavy atom. The van der Waals surface area contributed by atoms with E-state index < -0.39 is 6.10 Å². The van der Waals surface area contributed by atoms with Crippen LogP contribution < -0.4 is 5.32 Å². The molecule has 17 heavy (non-hydrogen) atoms. The van der Waals surface area contributed by atoms with Crippen molar-refractivity contribution in [3.8, 4) is 0 Å². The first-order valence-electron chi connectivity index (χ1n) is 5.45. The first-order chi connectivity index (χ1) is 8.13. The second-order valence-corrected chi connectivity index (χ2v) is 4.65. The highest BCUT2D eigenvalue weighted by atomic mass is 35.5. The standard InChI is InChI=1S/C12H17Cl2NO2/c1-17-8-11(16)4-5-15-7-9-6-10(13)2-3-12(9)14/h2-3,6,11,15-16H,4-5,7-8H2,1H3. The zero-order valence-corrected chi connectivity index (χ0v) is 11.3. The molecule has 0 amide bonds. The lowest BCUT2D eigenvalue weighted by Crippen LogP contribution is -2.23. The van der Waals surface area contributed by atoms with Gasteiger partial charge in [0.05, 0.1) is 12.7 Å². The molecule has 0 radical (unpaired) electrons. The Hall–Kier alpha value is -0.320. The van der Waals surface area contributed by atoms with E-state index in [0.29, 0.717) is 36.2 Å². The second-order valence-electron chi connectivity index (χ2n) is 3.81. The van der Waals surface area contributed by atoms with E-state index >= 15 is 0 Å². The fourth-order valence-electron chi connectivity index (χ4n) is 1.45. The molecule has 0 saturated heterocycles. The van der Waals surface area contributed by atoms with Gasteiger partial charge in [-0.2, -0.15) is 0 Å². The summed E-state index contributed by atoms with van der Waals surface area (Å²) in [5.41, 5.74) is 0.959. The van der Waals surface area contributed by atoms with E-state index in [1.165, 1.54) is 0 Å². The molecule has 1 aromatic carbocycles. The van der Waals surface area contributed by atoms with E-state index in [0.717, 1.165) is 5.56 Å². The van der Waals surface area contributed by atoms with Crippen molar-refractivity contribution >= 4 is 23.2 Å². The molecule has 0 heterocycles. The lowest BCUT2D eigenvalue weighted by atomic mass is 10.2. The van der Waals surface area contributed by atoms with Crippen LogP contribution in [0.4, 0.5) is 0 Å². The molecule has 2 N–H and O–H groups in total. The first kappa shape index (κ1) is 14.7. The van der Waals surface area contributed by atoms with Crippen LogP contribution in [0.2, 0.25) is 10.0 Å². The smallest absolute Gasteiger partial charge is 0.0785 e. The molecule has 0 saturated carbocycles. The maximum atomic E-state index is 9.43. The van der Waals surface area contributed by atoms with Crippen molar-refractivity contribution in [1.82, 2.24) is 5.32 Å². The number of nitrogens with one attached hydrogen (secondary N) is 1. The van der Waals surface area contributed by atoms with E-state index in [-0.39, 0.29) is 0 Å². The maximum Gasteiger partial charge on any atom is 0.0785 e. The van der Waals surface area contributed by atoms with Crippen molar-refractivity contribution < 1.29 is 9.84 Å². The monoisotopic (exact) mass is 277 g/mol. The summed E-state index contributed by atoms with van der Waals surface area (Å²) in [6.45, 7) is 1.70. The normalized spacial score (nSPS) is 12.7. The lowest BCUT2D eigenvalue weighted by molar-refractivity contribution is 0.0594. The fourth-order valence-corrected chi connectivity index (χ4v) is 1.83. The molecule has 0 spiro atoms. The molecule has 96 valence electrons. The van der Waals surface area contributed by atoms with Gasteiger partial charge in [-0.15, -0.1) is 0 Å². The Morgan fingerprint density at radius 3 is 2.88 bits per heavy atom. The quantitative estimate of drug-likeness (QED) is 0.753. The third-order valence-corrected chi connectivity index (χ3v) is 2.94. The van der Waals surface area contributed by atoms with Crippen LogP contribution in [0.25, 0.3) is 0 Å². The summed E-state index contributed by atoms with van der Waals surface area (Å²) >= 11 is 11.9. The molecule has 0 fully saturated rings. The minimum atomic E-state index is -0.428. The summed E-state index contributed by atoms with van der Waals surface area (Å²) in [6, 6.07) is 5.37. The van der Waals surface area contributed by atoms with Gasteiger partial charge in [0, 0.05) is 23.7 Å². The van der Waals surface area contributed by atoms with Crippen LogP contribution in [0.15, 0.2) is 18.2 Å². The van der Waals surface area contributed by atoms with Gasteiger partial charge in [0.25, 0.3) is 0 Å². The number of ether oxygens (including phenoxy) is 1. The molecule has 1 atom stereocenters. The number of aliphatic hydroxyl groups excluding tert-OH is 1. The van der Waals surface area contributed by atoms with E-state index in [1.807, 2.05) is 6.07 Å². The highest BCUT2D eigenvalue weighted by Crippen LogP contribution is 2.20. The Balaban J connectivity index is 2.28. The molecule has 1 aromatic rings. The van der Waals surface area contributed by atoms with Gasteiger partial charge in [-0.25, -0.2) is 0 Å². The van der Waals surface area contributed by atoms with E-state index in [4.69, 9.17) is 27.9 Å². The predicted molar refractivity (Wildman–Crippen MR) is 70.7 cm³/mol. The molecule has 3 nitrogen and oxygen atoms in total. The predicted octanol–water partition coefficient (Wildman–Crippen LogP) is 2.48. The van der Waals surface area contributed by atoms with Gasteiger partial charge in [-0.05, 0) is 36.7 Å². The third-order valence-electron chi connectivity index (χ3n) is 2.34. The highest BCUT2D eigenvalue weighted by molar-refractivity contribution is 6.33. The van der Waals surface area contributed by atoms with E-state index in [1.54, 1.807) is 19.2 Å². The molecule has 0 aliphatic carbocycles. The summed E-state index contributed by atoms with van der Waals surface area (Å²) in [7, 11) is 1.57. The molecule has 0 bridgehead atoms. The fraction of sp³-hybridized carbons (Fsp3) is 0.500. The zero-order valence-electron chi connectivity index (χ0n) is 9.75. The number of methoxy groups -OCH3 is 1. The van der Waals surface area contributed by atoms with Crippen molar-refractivity contribution in [2.75, 3.05) is 20.3 Å². The number of aliphatic hydroxyl groups is 1. The molecular weight excluding hydrogens is 261 g/mol. The number of rotatable bonds is 7. The van der Waals surface area contributed by atoms with E-state index in [9.17, 15) is 5.11 Å². The summed E-state index contributed by atoms with van der Waals surface area (Å²) in [6.07, 6.45) is 0.216. The Labute approximate surface area is 112 Å². The van der Waals surface area contributed by atoms with Gasteiger partial charge in [-0.3, -0.25) is 0 Å². The molecule has 0 aromatic heterocycles. The minimum Gasteiger partial charge on any atom is -0.391 e. The van der Waals surface area contributed by atoms with Gasteiger partial charge >= 0.3 is 0 Å². The molecule has 0 aliphatic rings. The average Bonchev–Trinajstić information content (AvgIpc) is 2.29. The lowest BCUT2D eigenvalue weighted by Gasteiger charge is -2.10. The van der Waals surface area contributed by atoms with Crippen LogP contribution >= 0.6 is 23.2 Å². The Bertz CT molecular complexity index is 347. The minimum absolute atomic E-state index is 0.361. The van der Waals surface area contributed by atoms with Crippen molar-refractivity contribution in [3.05, 3.63) is 33.8 Å². The Morgan fingerprint density at radius 2 is 2.18 bits per heavy atom. The number of benzene rings is 1. The van der Waals surface area contributed by atoms with Crippen molar-refractivity contribution in [2.24, 2.45) is 0 Å². The van der Waals surface area contributed by atoms with Gasteiger partial charge < -0.3 is 15.2 Å². The molecule has 1 unspecified atom stereocenters. The van der Waals surface area contributed by atoms with Crippen LogP contribution in [0.3, 0.4) is 0 Å². The van der Waals surface area contributed by atoms with Crippen molar-refractivity contribution in [1.29, 1.82) is 0 Å². The SMILES string of the molecule is COCC(O)CCNCc1cc(Cl)ccc1Cl. The molecule has 0 aliphatic heterocycles. The van der Waals surface area contributed by atoms with E-state index in [2.05, 4.69) is 5.32 Å². The van der Waals surface area contributed by atoms with Crippen molar-refractivity contribution in [2.45, 2.75) is 19.1 Å². The highest BCUT2D eigenvalue weighted by Gasteiger charge is 2.04. The first-order valence-corrected chi connectivity index (χ1v) is 6.20. The van der Waals surface area contributed by atoms with Crippen LogP contribution in [-0.2, 0) is 11.3 Å². The number of hydrogen-bond donors (Lipinski definition) is 2. The number of halogens is 2. The second kappa shape index (κ2) is 7.90. The zero-order chi connectivity index (χ0) is 12.7.